The average molecular weight is 278 g/mol. The number of anilines is 1. The summed E-state index contributed by atoms with van der Waals surface area (Å²) in [4.78, 5) is 9.95. The first kappa shape index (κ1) is 14.5. The van der Waals surface area contributed by atoms with Crippen LogP contribution in [0.2, 0.25) is 10.3 Å². The lowest BCUT2D eigenvalue weighted by Gasteiger charge is -2.31. The van der Waals surface area contributed by atoms with Gasteiger partial charge in [-0.05, 0) is 24.4 Å². The van der Waals surface area contributed by atoms with E-state index in [1.807, 2.05) is 4.90 Å². The van der Waals surface area contributed by atoms with Crippen LogP contribution in [0.15, 0.2) is 6.20 Å². The predicted octanol–water partition coefficient (Wildman–Crippen LogP) is 2.77. The van der Waals surface area contributed by atoms with Gasteiger partial charge in [0, 0.05) is 12.6 Å². The smallest absolute Gasteiger partial charge is 0.224 e. The Morgan fingerprint density at radius 3 is 2.53 bits per heavy atom. The molecule has 0 spiro atoms. The van der Waals surface area contributed by atoms with Crippen LogP contribution in [0.25, 0.3) is 0 Å². The molecule has 6 heteroatoms. The van der Waals surface area contributed by atoms with Crippen molar-refractivity contribution in [3.05, 3.63) is 16.5 Å². The second kappa shape index (κ2) is 6.99. The molecule has 4 nitrogen and oxygen atoms in total. The Hall–Kier alpha value is -0.580. The molecule has 0 atom stereocenters. The summed E-state index contributed by atoms with van der Waals surface area (Å²) in [5.41, 5.74) is 0. The van der Waals surface area contributed by atoms with Crippen molar-refractivity contribution < 1.29 is 5.11 Å². The average Bonchev–Trinajstić information content (AvgIpc) is 2.33. The van der Waals surface area contributed by atoms with Crippen LogP contribution in [0.1, 0.15) is 26.7 Å². The summed E-state index contributed by atoms with van der Waals surface area (Å²) >= 11 is 11.9. The first-order chi connectivity index (χ1) is 8.13. The van der Waals surface area contributed by atoms with E-state index in [1.165, 1.54) is 6.20 Å². The second-order valence-corrected chi connectivity index (χ2v) is 4.44. The Labute approximate surface area is 112 Å². The lowest BCUT2D eigenvalue weighted by atomic mass is 10.1. The molecule has 0 saturated carbocycles. The third-order valence-corrected chi connectivity index (χ3v) is 3.14. The molecule has 0 radical (unpaired) electrons. The number of aliphatic hydroxyl groups is 1. The minimum atomic E-state index is 0.0501. The van der Waals surface area contributed by atoms with Crippen molar-refractivity contribution in [2.75, 3.05) is 18.1 Å². The van der Waals surface area contributed by atoms with Crippen molar-refractivity contribution in [3.8, 4) is 0 Å². The Morgan fingerprint density at radius 2 is 2.00 bits per heavy atom. The van der Waals surface area contributed by atoms with Crippen molar-refractivity contribution in [2.24, 2.45) is 0 Å². The first-order valence-electron chi connectivity index (χ1n) is 5.69. The van der Waals surface area contributed by atoms with Gasteiger partial charge in [-0.2, -0.15) is 4.98 Å². The zero-order chi connectivity index (χ0) is 12.8. The molecule has 0 aliphatic rings. The highest BCUT2D eigenvalue weighted by Gasteiger charge is 2.19. The monoisotopic (exact) mass is 277 g/mol. The fourth-order valence-electron chi connectivity index (χ4n) is 1.84. The molecule has 1 rings (SSSR count). The maximum Gasteiger partial charge on any atom is 0.224 e. The van der Waals surface area contributed by atoms with Gasteiger partial charge < -0.3 is 10.0 Å². The van der Waals surface area contributed by atoms with Crippen molar-refractivity contribution in [2.45, 2.75) is 32.7 Å². The highest BCUT2D eigenvalue weighted by molar-refractivity contribution is 6.33. The molecule has 0 fully saturated rings. The van der Waals surface area contributed by atoms with Gasteiger partial charge in [-0.25, -0.2) is 4.98 Å². The van der Waals surface area contributed by atoms with E-state index < -0.39 is 0 Å². The van der Waals surface area contributed by atoms with Crippen LogP contribution >= 0.6 is 23.2 Å². The summed E-state index contributed by atoms with van der Waals surface area (Å²) in [6, 6.07) is 0.283. The molecule has 0 saturated heterocycles. The molecule has 17 heavy (non-hydrogen) atoms. The number of aliphatic hydroxyl groups excluding tert-OH is 1. The zero-order valence-electron chi connectivity index (χ0n) is 10.0. The number of halogens is 2. The lowest BCUT2D eigenvalue weighted by molar-refractivity contribution is 0.295. The molecule has 1 N–H and O–H groups in total. The summed E-state index contributed by atoms with van der Waals surface area (Å²) in [5, 5.41) is 9.76. The molecule has 0 unspecified atom stereocenters. The van der Waals surface area contributed by atoms with Crippen molar-refractivity contribution in [3.63, 3.8) is 0 Å². The second-order valence-electron chi connectivity index (χ2n) is 3.70. The minimum Gasteiger partial charge on any atom is -0.395 e. The molecule has 1 aromatic rings. The molecule has 0 aliphatic carbocycles. The van der Waals surface area contributed by atoms with E-state index in [4.69, 9.17) is 28.3 Å². The van der Waals surface area contributed by atoms with Crippen LogP contribution in [0.3, 0.4) is 0 Å². The van der Waals surface area contributed by atoms with E-state index in [0.717, 1.165) is 12.8 Å². The first-order valence-corrected chi connectivity index (χ1v) is 6.45. The van der Waals surface area contributed by atoms with Crippen LogP contribution in [0.4, 0.5) is 5.82 Å². The minimum absolute atomic E-state index is 0.0501. The van der Waals surface area contributed by atoms with Gasteiger partial charge in [0.1, 0.15) is 5.02 Å². The predicted molar refractivity (Wildman–Crippen MR) is 70.9 cm³/mol. The van der Waals surface area contributed by atoms with Crippen molar-refractivity contribution >= 4 is 29.0 Å². The molecule has 0 aromatic carbocycles. The van der Waals surface area contributed by atoms with E-state index in [0.29, 0.717) is 17.4 Å². The number of aromatic nitrogens is 2. The molecule has 1 heterocycles. The van der Waals surface area contributed by atoms with Crippen LogP contribution in [0, 0.1) is 0 Å². The topological polar surface area (TPSA) is 49.2 Å². The van der Waals surface area contributed by atoms with Gasteiger partial charge in [0.25, 0.3) is 0 Å². The maximum atomic E-state index is 9.14. The Kier molecular flexibility index (Phi) is 5.95. The van der Waals surface area contributed by atoms with Crippen LogP contribution in [-0.4, -0.2) is 34.3 Å². The summed E-state index contributed by atoms with van der Waals surface area (Å²) in [6.45, 7) is 4.72. The third kappa shape index (κ3) is 3.69. The quantitative estimate of drug-likeness (QED) is 0.813. The number of rotatable bonds is 6. The van der Waals surface area contributed by atoms with Crippen LogP contribution in [0.5, 0.6) is 0 Å². The standard InChI is InChI=1S/C11H17Cl2N3O/c1-3-8(4-2)16(5-6-17)10-9(12)7-14-11(13)15-10/h7-8,17H,3-6H2,1-2H3. The summed E-state index contributed by atoms with van der Waals surface area (Å²) < 4.78 is 0. The SMILES string of the molecule is CCC(CC)N(CCO)c1nc(Cl)ncc1Cl. The van der Waals surface area contributed by atoms with E-state index >= 15 is 0 Å². The molecule has 0 aliphatic heterocycles. The van der Waals surface area contributed by atoms with Crippen molar-refractivity contribution in [1.82, 2.24) is 9.97 Å². The number of hydrogen-bond acceptors (Lipinski definition) is 4. The van der Waals surface area contributed by atoms with E-state index in [9.17, 15) is 0 Å². The fraction of sp³-hybridized carbons (Fsp3) is 0.636. The van der Waals surface area contributed by atoms with E-state index in [2.05, 4.69) is 23.8 Å². The van der Waals surface area contributed by atoms with E-state index in [1.54, 1.807) is 0 Å². The molecule has 96 valence electrons. The molecule has 0 amide bonds. The number of hydrogen-bond donors (Lipinski definition) is 1. The summed E-state index contributed by atoms with van der Waals surface area (Å²) in [5.74, 6) is 0.592. The Balaban J connectivity index is 3.07. The van der Waals surface area contributed by atoms with Gasteiger partial charge in [-0.1, -0.05) is 25.4 Å². The zero-order valence-corrected chi connectivity index (χ0v) is 11.5. The van der Waals surface area contributed by atoms with Gasteiger partial charge in [-0.15, -0.1) is 0 Å². The van der Waals surface area contributed by atoms with Gasteiger partial charge in [-0.3, -0.25) is 0 Å². The van der Waals surface area contributed by atoms with Crippen molar-refractivity contribution in [1.29, 1.82) is 0 Å². The lowest BCUT2D eigenvalue weighted by Crippen LogP contribution is -2.37. The molecule has 1 aromatic heterocycles. The third-order valence-electron chi connectivity index (χ3n) is 2.69. The largest absolute Gasteiger partial charge is 0.395 e. The fourth-order valence-corrected chi connectivity index (χ4v) is 2.17. The normalized spacial score (nSPS) is 10.9. The number of nitrogens with zero attached hydrogens (tertiary/aromatic N) is 3. The van der Waals surface area contributed by atoms with Gasteiger partial charge in [0.15, 0.2) is 5.82 Å². The van der Waals surface area contributed by atoms with Crippen LogP contribution < -0.4 is 4.90 Å². The summed E-state index contributed by atoms with van der Waals surface area (Å²) in [6.07, 6.45) is 3.39. The summed E-state index contributed by atoms with van der Waals surface area (Å²) in [7, 11) is 0. The molecular weight excluding hydrogens is 261 g/mol. The highest BCUT2D eigenvalue weighted by atomic mass is 35.5. The Morgan fingerprint density at radius 1 is 1.35 bits per heavy atom. The molecular formula is C11H17Cl2N3O. The maximum absolute atomic E-state index is 9.14. The highest BCUT2D eigenvalue weighted by Crippen LogP contribution is 2.26. The van der Waals surface area contributed by atoms with Gasteiger partial charge in [0.05, 0.1) is 12.8 Å². The Bertz CT molecular complexity index is 359. The van der Waals surface area contributed by atoms with Gasteiger partial charge >= 0.3 is 0 Å². The molecule has 0 bridgehead atoms. The van der Waals surface area contributed by atoms with E-state index in [-0.39, 0.29) is 17.9 Å². The van der Waals surface area contributed by atoms with Gasteiger partial charge in [0.2, 0.25) is 5.28 Å². The van der Waals surface area contributed by atoms with Crippen LogP contribution in [-0.2, 0) is 0 Å².